The van der Waals surface area contributed by atoms with Gasteiger partial charge in [0.2, 0.25) is 0 Å². The van der Waals surface area contributed by atoms with Crippen molar-refractivity contribution in [2.24, 2.45) is 5.73 Å². The third-order valence-corrected chi connectivity index (χ3v) is 3.59. The lowest BCUT2D eigenvalue weighted by atomic mass is 10.1. The van der Waals surface area contributed by atoms with Gasteiger partial charge in [0.25, 0.3) is 5.91 Å². The number of nitrogens with one attached hydrogen (secondary N) is 1. The summed E-state index contributed by atoms with van der Waals surface area (Å²) in [4.78, 5) is 34.9. The molecule has 2 aromatic carbocycles. The molecule has 0 fully saturated rings. The summed E-state index contributed by atoms with van der Waals surface area (Å²) >= 11 is 0. The average molecular weight is 350 g/mol. The van der Waals surface area contributed by atoms with E-state index in [0.29, 0.717) is 16.8 Å². The number of carbonyl (C=O) groups is 3. The summed E-state index contributed by atoms with van der Waals surface area (Å²) < 4.78 is 0.807. The summed E-state index contributed by atoms with van der Waals surface area (Å²) in [5, 5.41) is 15.5. The zero-order valence-corrected chi connectivity index (χ0v) is 13.4. The van der Waals surface area contributed by atoms with Crippen LogP contribution < -0.4 is 11.1 Å². The van der Waals surface area contributed by atoms with Gasteiger partial charge < -0.3 is 16.2 Å². The molecule has 130 valence electrons. The molecule has 1 aromatic heterocycles. The summed E-state index contributed by atoms with van der Waals surface area (Å²) in [5.74, 6) is -1.57. The maximum Gasteiger partial charge on any atom is 0.356 e. The summed E-state index contributed by atoms with van der Waals surface area (Å²) in [6.45, 7) is 0. The van der Waals surface area contributed by atoms with Gasteiger partial charge in [-0.1, -0.05) is 30.3 Å². The van der Waals surface area contributed by atoms with Crippen molar-refractivity contribution in [1.29, 1.82) is 0 Å². The number of hydrogen-bond acceptors (Lipinski definition) is 4. The molecule has 0 aliphatic heterocycles. The first-order valence-corrected chi connectivity index (χ1v) is 7.55. The lowest BCUT2D eigenvalue weighted by Gasteiger charge is -2.08. The summed E-state index contributed by atoms with van der Waals surface area (Å²) in [7, 11) is 0. The van der Waals surface area contributed by atoms with Crippen LogP contribution in [0, 0.1) is 0 Å². The van der Waals surface area contributed by atoms with Crippen LogP contribution in [0.3, 0.4) is 0 Å². The maximum atomic E-state index is 12.2. The van der Waals surface area contributed by atoms with Gasteiger partial charge in [-0.2, -0.15) is 9.78 Å². The van der Waals surface area contributed by atoms with Crippen LogP contribution in [0.4, 0.5) is 10.5 Å². The van der Waals surface area contributed by atoms with Crippen molar-refractivity contribution in [3.05, 3.63) is 71.9 Å². The minimum Gasteiger partial charge on any atom is -0.476 e. The van der Waals surface area contributed by atoms with E-state index >= 15 is 0 Å². The molecule has 0 radical (unpaired) electrons. The molecule has 0 bridgehead atoms. The Morgan fingerprint density at radius 3 is 2.38 bits per heavy atom. The van der Waals surface area contributed by atoms with Gasteiger partial charge >= 0.3 is 12.0 Å². The smallest absolute Gasteiger partial charge is 0.356 e. The molecule has 2 amide bonds. The predicted molar refractivity (Wildman–Crippen MR) is 94.0 cm³/mol. The first-order valence-electron chi connectivity index (χ1n) is 7.55. The highest BCUT2D eigenvalue weighted by atomic mass is 16.4. The number of aromatic nitrogens is 2. The van der Waals surface area contributed by atoms with E-state index in [2.05, 4.69) is 10.4 Å². The molecule has 8 heteroatoms. The number of hydrogen-bond donors (Lipinski definition) is 3. The SMILES string of the molecule is NC(=O)n1nc(C(=O)O)cc1-c1cccc(NC(=O)c2ccccc2)c1. The number of carboxylic acid groups (broad SMARTS) is 1. The first-order chi connectivity index (χ1) is 12.5. The van der Waals surface area contributed by atoms with Crippen LogP contribution in [-0.2, 0) is 0 Å². The van der Waals surface area contributed by atoms with Gasteiger partial charge in [-0.15, -0.1) is 0 Å². The van der Waals surface area contributed by atoms with Gasteiger partial charge in [-0.25, -0.2) is 9.59 Å². The normalized spacial score (nSPS) is 10.3. The molecule has 1 heterocycles. The second-order valence-electron chi connectivity index (χ2n) is 5.37. The van der Waals surface area contributed by atoms with Crippen LogP contribution in [0.15, 0.2) is 60.7 Å². The summed E-state index contributed by atoms with van der Waals surface area (Å²) in [6.07, 6.45) is 0. The highest BCUT2D eigenvalue weighted by molar-refractivity contribution is 6.04. The van der Waals surface area contributed by atoms with Crippen molar-refractivity contribution >= 4 is 23.6 Å². The van der Waals surface area contributed by atoms with Crippen LogP contribution in [0.5, 0.6) is 0 Å². The minimum absolute atomic E-state index is 0.214. The van der Waals surface area contributed by atoms with E-state index in [0.717, 1.165) is 4.68 Å². The predicted octanol–water partition coefficient (Wildman–Crippen LogP) is 2.43. The Bertz CT molecular complexity index is 995. The van der Waals surface area contributed by atoms with Gasteiger partial charge in [-0.3, -0.25) is 4.79 Å². The Labute approximate surface area is 147 Å². The van der Waals surface area contributed by atoms with Gasteiger partial charge in [-0.05, 0) is 30.3 Å². The number of aromatic carboxylic acids is 1. The highest BCUT2D eigenvalue weighted by Crippen LogP contribution is 2.24. The number of nitrogens with two attached hydrogens (primary N) is 1. The second-order valence-corrected chi connectivity index (χ2v) is 5.37. The standard InChI is InChI=1S/C18H14N4O4/c19-18(26)22-15(10-14(21-22)17(24)25)12-7-4-8-13(9-12)20-16(23)11-5-2-1-3-6-11/h1-10H,(H2,19,26)(H,20,23)(H,24,25). The number of anilines is 1. The Morgan fingerprint density at radius 1 is 1.00 bits per heavy atom. The molecule has 0 saturated carbocycles. The fraction of sp³-hybridized carbons (Fsp3) is 0. The van der Waals surface area contributed by atoms with E-state index in [4.69, 9.17) is 10.8 Å². The zero-order chi connectivity index (χ0) is 18.7. The molecule has 0 atom stereocenters. The van der Waals surface area contributed by atoms with Crippen LogP contribution in [-0.4, -0.2) is 32.8 Å². The Balaban J connectivity index is 1.94. The maximum absolute atomic E-state index is 12.2. The van der Waals surface area contributed by atoms with Gasteiger partial charge in [0.15, 0.2) is 5.69 Å². The van der Waals surface area contributed by atoms with E-state index < -0.39 is 12.0 Å². The summed E-state index contributed by atoms with van der Waals surface area (Å²) in [5.41, 5.74) is 6.62. The third-order valence-electron chi connectivity index (χ3n) is 3.59. The number of amides is 2. The molecule has 0 aliphatic carbocycles. The lowest BCUT2D eigenvalue weighted by molar-refractivity contribution is 0.0690. The Kier molecular flexibility index (Phi) is 4.48. The molecule has 8 nitrogen and oxygen atoms in total. The summed E-state index contributed by atoms with van der Waals surface area (Å²) in [6, 6.07) is 15.6. The number of benzene rings is 2. The third kappa shape index (κ3) is 3.44. The highest BCUT2D eigenvalue weighted by Gasteiger charge is 2.18. The molecule has 26 heavy (non-hydrogen) atoms. The Hall–Kier alpha value is -3.94. The Morgan fingerprint density at radius 2 is 1.73 bits per heavy atom. The van der Waals surface area contributed by atoms with Crippen LogP contribution >= 0.6 is 0 Å². The zero-order valence-electron chi connectivity index (χ0n) is 13.4. The second kappa shape index (κ2) is 6.89. The van der Waals surface area contributed by atoms with Gasteiger partial charge in [0.05, 0.1) is 5.69 Å². The number of rotatable bonds is 4. The molecule has 0 spiro atoms. The van der Waals surface area contributed by atoms with Crippen molar-refractivity contribution in [3.8, 4) is 11.3 Å². The molecule has 0 aliphatic rings. The lowest BCUT2D eigenvalue weighted by Crippen LogP contribution is -2.22. The van der Waals surface area contributed by atoms with Gasteiger partial charge in [0, 0.05) is 16.8 Å². The minimum atomic E-state index is -1.28. The van der Waals surface area contributed by atoms with E-state index in [1.165, 1.54) is 6.07 Å². The fourth-order valence-electron chi connectivity index (χ4n) is 2.41. The molecular weight excluding hydrogens is 336 g/mol. The molecule has 0 unspecified atom stereocenters. The number of primary amides is 1. The molecule has 3 rings (SSSR count). The monoisotopic (exact) mass is 350 g/mol. The molecule has 0 saturated heterocycles. The molecule has 3 aromatic rings. The van der Waals surface area contributed by atoms with Crippen molar-refractivity contribution in [2.45, 2.75) is 0 Å². The number of carbonyl (C=O) groups excluding carboxylic acids is 2. The van der Waals surface area contributed by atoms with E-state index in [1.807, 2.05) is 6.07 Å². The number of carboxylic acids is 1. The van der Waals surface area contributed by atoms with Crippen LogP contribution in [0.25, 0.3) is 11.3 Å². The number of nitrogens with zero attached hydrogens (tertiary/aromatic N) is 2. The topological polar surface area (TPSA) is 127 Å². The van der Waals surface area contributed by atoms with E-state index in [9.17, 15) is 14.4 Å². The fourth-order valence-corrected chi connectivity index (χ4v) is 2.41. The van der Waals surface area contributed by atoms with Crippen LogP contribution in [0.1, 0.15) is 20.8 Å². The van der Waals surface area contributed by atoms with E-state index in [-0.39, 0.29) is 17.3 Å². The van der Waals surface area contributed by atoms with Crippen molar-refractivity contribution in [2.75, 3.05) is 5.32 Å². The molecular formula is C18H14N4O4. The van der Waals surface area contributed by atoms with Crippen molar-refractivity contribution < 1.29 is 19.5 Å². The first kappa shape index (κ1) is 16.9. The molecule has 4 N–H and O–H groups in total. The average Bonchev–Trinajstić information content (AvgIpc) is 3.09. The van der Waals surface area contributed by atoms with Crippen molar-refractivity contribution in [3.63, 3.8) is 0 Å². The van der Waals surface area contributed by atoms with Crippen LogP contribution in [0.2, 0.25) is 0 Å². The van der Waals surface area contributed by atoms with Gasteiger partial charge in [0.1, 0.15) is 0 Å². The quantitative estimate of drug-likeness (QED) is 0.666. The van der Waals surface area contributed by atoms with E-state index in [1.54, 1.807) is 48.5 Å². The largest absolute Gasteiger partial charge is 0.476 e. The van der Waals surface area contributed by atoms with Crippen molar-refractivity contribution in [1.82, 2.24) is 9.78 Å².